The molecule has 0 bridgehead atoms. The Hall–Kier alpha value is -1.36. The Labute approximate surface area is 115 Å². The third kappa shape index (κ3) is 4.67. The van der Waals surface area contributed by atoms with Gasteiger partial charge >= 0.3 is 0 Å². The summed E-state index contributed by atoms with van der Waals surface area (Å²) in [6.07, 6.45) is 4.28. The van der Waals surface area contributed by atoms with Gasteiger partial charge in [0.05, 0.1) is 5.60 Å². The minimum atomic E-state index is -0.672. The van der Waals surface area contributed by atoms with Crippen molar-refractivity contribution in [1.82, 2.24) is 9.97 Å². The van der Waals surface area contributed by atoms with Crippen LogP contribution in [0.25, 0.3) is 0 Å². The van der Waals surface area contributed by atoms with E-state index in [4.69, 9.17) is 0 Å². The van der Waals surface area contributed by atoms with Gasteiger partial charge < -0.3 is 15.7 Å². The first-order valence-corrected chi connectivity index (χ1v) is 7.08. The van der Waals surface area contributed by atoms with Gasteiger partial charge in [0.15, 0.2) is 0 Å². The smallest absolute Gasteiger partial charge is 0.224 e. The Morgan fingerprint density at radius 3 is 2.47 bits per heavy atom. The molecule has 0 aliphatic rings. The second-order valence-corrected chi connectivity index (χ2v) is 4.94. The number of hydrogen-bond acceptors (Lipinski definition) is 5. The third-order valence-corrected chi connectivity index (χ3v) is 3.41. The number of nitrogens with zero attached hydrogens (tertiary/aromatic N) is 2. The molecule has 3 N–H and O–H groups in total. The van der Waals surface area contributed by atoms with E-state index in [1.807, 2.05) is 20.8 Å². The van der Waals surface area contributed by atoms with Crippen molar-refractivity contribution in [2.24, 2.45) is 0 Å². The first-order valence-electron chi connectivity index (χ1n) is 7.08. The van der Waals surface area contributed by atoms with E-state index in [2.05, 4.69) is 27.5 Å². The van der Waals surface area contributed by atoms with Crippen LogP contribution in [0.4, 0.5) is 11.8 Å². The zero-order chi connectivity index (χ0) is 14.3. The van der Waals surface area contributed by atoms with Gasteiger partial charge in [0.1, 0.15) is 5.82 Å². The lowest BCUT2D eigenvalue weighted by atomic mass is 9.97. The van der Waals surface area contributed by atoms with Crippen molar-refractivity contribution >= 4 is 11.8 Å². The van der Waals surface area contributed by atoms with E-state index < -0.39 is 5.60 Å². The summed E-state index contributed by atoms with van der Waals surface area (Å²) in [5, 5.41) is 16.7. The SMILES string of the molecule is CCCNc1ncc(C)c(NCC(O)(CC)CC)n1. The van der Waals surface area contributed by atoms with Crippen LogP contribution < -0.4 is 10.6 Å². The molecule has 0 aliphatic carbocycles. The van der Waals surface area contributed by atoms with Gasteiger partial charge in [-0.25, -0.2) is 4.98 Å². The average molecular weight is 266 g/mol. The van der Waals surface area contributed by atoms with Crippen LogP contribution in [0.3, 0.4) is 0 Å². The molecule has 0 saturated carbocycles. The molecule has 19 heavy (non-hydrogen) atoms. The van der Waals surface area contributed by atoms with Gasteiger partial charge in [-0.15, -0.1) is 0 Å². The molecular weight excluding hydrogens is 240 g/mol. The Morgan fingerprint density at radius 2 is 1.89 bits per heavy atom. The fourth-order valence-corrected chi connectivity index (χ4v) is 1.69. The van der Waals surface area contributed by atoms with Crippen LogP contribution in [-0.4, -0.2) is 33.8 Å². The van der Waals surface area contributed by atoms with Crippen LogP contribution in [0, 0.1) is 6.92 Å². The molecule has 0 amide bonds. The summed E-state index contributed by atoms with van der Waals surface area (Å²) in [5.41, 5.74) is 0.311. The molecule has 0 radical (unpaired) electrons. The van der Waals surface area contributed by atoms with Crippen LogP contribution in [0.5, 0.6) is 0 Å². The number of rotatable bonds is 8. The minimum Gasteiger partial charge on any atom is -0.388 e. The molecule has 1 aromatic heterocycles. The van der Waals surface area contributed by atoms with E-state index in [-0.39, 0.29) is 0 Å². The Balaban J connectivity index is 2.71. The van der Waals surface area contributed by atoms with Crippen molar-refractivity contribution in [3.8, 4) is 0 Å². The number of hydrogen-bond donors (Lipinski definition) is 3. The van der Waals surface area contributed by atoms with E-state index >= 15 is 0 Å². The molecule has 108 valence electrons. The summed E-state index contributed by atoms with van der Waals surface area (Å²) < 4.78 is 0. The quantitative estimate of drug-likeness (QED) is 0.674. The van der Waals surface area contributed by atoms with Gasteiger partial charge in [-0.3, -0.25) is 0 Å². The van der Waals surface area contributed by atoms with Gasteiger partial charge in [0.2, 0.25) is 5.95 Å². The summed E-state index contributed by atoms with van der Waals surface area (Å²) in [4.78, 5) is 8.67. The predicted molar refractivity (Wildman–Crippen MR) is 79.6 cm³/mol. The zero-order valence-corrected chi connectivity index (χ0v) is 12.5. The van der Waals surface area contributed by atoms with Gasteiger partial charge in [-0.05, 0) is 26.2 Å². The molecule has 0 unspecified atom stereocenters. The average Bonchev–Trinajstić information content (AvgIpc) is 2.44. The van der Waals surface area contributed by atoms with Gasteiger partial charge in [0, 0.05) is 24.8 Å². The molecule has 0 saturated heterocycles. The lowest BCUT2D eigenvalue weighted by Gasteiger charge is -2.26. The first-order chi connectivity index (χ1) is 9.04. The predicted octanol–water partition coefficient (Wildman–Crippen LogP) is 2.57. The maximum absolute atomic E-state index is 10.3. The minimum absolute atomic E-state index is 0.505. The van der Waals surface area contributed by atoms with Crippen LogP contribution >= 0.6 is 0 Å². The van der Waals surface area contributed by atoms with Crippen molar-refractivity contribution < 1.29 is 5.11 Å². The second kappa shape index (κ2) is 7.28. The number of nitrogens with one attached hydrogen (secondary N) is 2. The highest BCUT2D eigenvalue weighted by atomic mass is 16.3. The summed E-state index contributed by atoms with van der Waals surface area (Å²) in [6, 6.07) is 0. The summed E-state index contributed by atoms with van der Waals surface area (Å²) in [7, 11) is 0. The Morgan fingerprint density at radius 1 is 1.21 bits per heavy atom. The summed E-state index contributed by atoms with van der Waals surface area (Å²) in [6.45, 7) is 9.41. The van der Waals surface area contributed by atoms with Crippen LogP contribution in [0.2, 0.25) is 0 Å². The van der Waals surface area contributed by atoms with Crippen LogP contribution in [-0.2, 0) is 0 Å². The van der Waals surface area contributed by atoms with Gasteiger partial charge in [-0.2, -0.15) is 4.98 Å². The Kier molecular flexibility index (Phi) is 6.02. The Bertz CT molecular complexity index is 391. The molecule has 1 rings (SSSR count). The molecule has 0 atom stereocenters. The van der Waals surface area contributed by atoms with E-state index in [1.165, 1.54) is 0 Å². The number of aromatic nitrogens is 2. The van der Waals surface area contributed by atoms with Crippen molar-refractivity contribution in [3.05, 3.63) is 11.8 Å². The fourth-order valence-electron chi connectivity index (χ4n) is 1.69. The van der Waals surface area contributed by atoms with Gasteiger partial charge in [-0.1, -0.05) is 20.8 Å². The molecule has 1 heterocycles. The molecular formula is C14H26N4O. The molecule has 0 fully saturated rings. The van der Waals surface area contributed by atoms with Crippen molar-refractivity contribution in [3.63, 3.8) is 0 Å². The molecule has 0 aromatic carbocycles. The van der Waals surface area contributed by atoms with E-state index in [9.17, 15) is 5.11 Å². The molecule has 0 spiro atoms. The van der Waals surface area contributed by atoms with Gasteiger partial charge in [0.25, 0.3) is 0 Å². The van der Waals surface area contributed by atoms with E-state index in [0.29, 0.717) is 12.5 Å². The molecule has 5 heteroatoms. The monoisotopic (exact) mass is 266 g/mol. The van der Waals surface area contributed by atoms with Crippen molar-refractivity contribution in [2.45, 2.75) is 52.6 Å². The molecule has 1 aromatic rings. The topological polar surface area (TPSA) is 70.1 Å². The number of anilines is 2. The van der Waals surface area contributed by atoms with Crippen molar-refractivity contribution in [1.29, 1.82) is 0 Å². The summed E-state index contributed by atoms with van der Waals surface area (Å²) >= 11 is 0. The maximum atomic E-state index is 10.3. The first kappa shape index (κ1) is 15.7. The molecule has 0 aliphatic heterocycles. The lowest BCUT2D eigenvalue weighted by Crippen LogP contribution is -2.35. The lowest BCUT2D eigenvalue weighted by molar-refractivity contribution is 0.0456. The van der Waals surface area contributed by atoms with E-state index in [0.717, 1.165) is 37.2 Å². The highest BCUT2D eigenvalue weighted by Gasteiger charge is 2.22. The fraction of sp³-hybridized carbons (Fsp3) is 0.714. The van der Waals surface area contributed by atoms with Crippen LogP contribution in [0.15, 0.2) is 6.20 Å². The van der Waals surface area contributed by atoms with Crippen molar-refractivity contribution in [2.75, 3.05) is 23.7 Å². The molecule has 5 nitrogen and oxygen atoms in total. The van der Waals surface area contributed by atoms with Crippen LogP contribution in [0.1, 0.15) is 45.6 Å². The van der Waals surface area contributed by atoms with E-state index in [1.54, 1.807) is 6.20 Å². The highest BCUT2D eigenvalue weighted by Crippen LogP contribution is 2.18. The second-order valence-electron chi connectivity index (χ2n) is 4.94. The maximum Gasteiger partial charge on any atom is 0.224 e. The number of aliphatic hydroxyl groups is 1. The zero-order valence-electron chi connectivity index (χ0n) is 12.5. The standard InChI is InChI=1S/C14H26N4O/c1-5-8-15-13-16-9-11(4)12(18-13)17-10-14(19,6-2)7-3/h9,19H,5-8,10H2,1-4H3,(H2,15,16,17,18). The third-order valence-electron chi connectivity index (χ3n) is 3.41. The number of aryl methyl sites for hydroxylation is 1. The highest BCUT2D eigenvalue weighted by molar-refractivity contribution is 5.46. The summed E-state index contributed by atoms with van der Waals surface area (Å²) in [5.74, 6) is 1.42. The largest absolute Gasteiger partial charge is 0.388 e. The normalized spacial score (nSPS) is 11.4.